The van der Waals surface area contributed by atoms with Gasteiger partial charge in [-0.2, -0.15) is 5.10 Å². The lowest BCUT2D eigenvalue weighted by atomic mass is 10.1. The lowest BCUT2D eigenvalue weighted by Gasteiger charge is -2.28. The Morgan fingerprint density at radius 3 is 2.61 bits per heavy atom. The highest BCUT2D eigenvalue weighted by atomic mass is 16.2. The summed E-state index contributed by atoms with van der Waals surface area (Å²) in [5.74, 6) is -0.265. The van der Waals surface area contributed by atoms with Gasteiger partial charge in [0.15, 0.2) is 0 Å². The van der Waals surface area contributed by atoms with E-state index in [1.165, 1.54) is 31.1 Å². The molecular weight excluding hydrogens is 288 g/mol. The fraction of sp³-hybridized carbons (Fsp3) is 0.278. The van der Waals surface area contributed by atoms with Crippen LogP contribution in [0.4, 0.5) is 5.69 Å². The molecule has 0 saturated carbocycles. The van der Waals surface area contributed by atoms with Crippen molar-refractivity contribution in [1.29, 1.82) is 0 Å². The van der Waals surface area contributed by atoms with E-state index in [2.05, 4.69) is 32.5 Å². The van der Waals surface area contributed by atoms with Crippen molar-refractivity contribution in [2.75, 3.05) is 18.0 Å². The van der Waals surface area contributed by atoms with Gasteiger partial charge in [-0.25, -0.2) is 5.43 Å². The maximum Gasteiger partial charge on any atom is 0.272 e. The summed E-state index contributed by atoms with van der Waals surface area (Å²) < 4.78 is 0. The summed E-state index contributed by atoms with van der Waals surface area (Å²) in [6.07, 6.45) is 8.65. The van der Waals surface area contributed by atoms with E-state index in [0.29, 0.717) is 5.56 Å². The largest absolute Gasteiger partial charge is 0.372 e. The number of nitrogens with zero attached hydrogens (tertiary/aromatic N) is 3. The van der Waals surface area contributed by atoms with Gasteiger partial charge in [-0.05, 0) is 49.1 Å². The van der Waals surface area contributed by atoms with Crippen LogP contribution in [0.1, 0.15) is 35.2 Å². The molecule has 0 radical (unpaired) electrons. The molecule has 1 aliphatic rings. The summed E-state index contributed by atoms with van der Waals surface area (Å²) in [6, 6.07) is 11.7. The fourth-order valence-corrected chi connectivity index (χ4v) is 2.65. The van der Waals surface area contributed by atoms with E-state index in [1.807, 2.05) is 12.1 Å². The van der Waals surface area contributed by atoms with Crippen molar-refractivity contribution >= 4 is 17.8 Å². The van der Waals surface area contributed by atoms with Gasteiger partial charge in [0.25, 0.3) is 5.91 Å². The molecule has 0 bridgehead atoms. The number of carbonyl (C=O) groups excluding carboxylic acids is 1. The van der Waals surface area contributed by atoms with Crippen molar-refractivity contribution in [3.63, 3.8) is 0 Å². The second-order valence-electron chi connectivity index (χ2n) is 5.58. The van der Waals surface area contributed by atoms with Crippen LogP contribution in [0.25, 0.3) is 0 Å². The molecule has 0 spiro atoms. The number of hydrazone groups is 1. The lowest BCUT2D eigenvalue weighted by molar-refractivity contribution is 0.0955. The van der Waals surface area contributed by atoms with Gasteiger partial charge in [-0.3, -0.25) is 9.78 Å². The number of carbonyl (C=O) groups is 1. The van der Waals surface area contributed by atoms with Crippen molar-refractivity contribution < 1.29 is 4.79 Å². The molecule has 5 nitrogen and oxygen atoms in total. The topological polar surface area (TPSA) is 57.6 Å². The third kappa shape index (κ3) is 4.16. The molecule has 3 rings (SSSR count). The SMILES string of the molecule is O=C(N/N=C\c1ccc(N2CCCCC2)cc1)c1cccnc1. The molecule has 1 aromatic carbocycles. The van der Waals surface area contributed by atoms with E-state index in [9.17, 15) is 4.79 Å². The molecule has 0 unspecified atom stereocenters. The minimum absolute atomic E-state index is 0.265. The molecular formula is C18H20N4O. The summed E-state index contributed by atoms with van der Waals surface area (Å²) in [7, 11) is 0. The van der Waals surface area contributed by atoms with Crippen molar-refractivity contribution in [2.45, 2.75) is 19.3 Å². The normalized spacial score (nSPS) is 14.9. The third-order valence-corrected chi connectivity index (χ3v) is 3.92. The zero-order valence-electron chi connectivity index (χ0n) is 13.0. The molecule has 1 amide bonds. The number of amides is 1. The van der Waals surface area contributed by atoms with Crippen LogP contribution in [0.2, 0.25) is 0 Å². The molecule has 1 aliphatic heterocycles. The van der Waals surface area contributed by atoms with Crippen LogP contribution in [0.5, 0.6) is 0 Å². The monoisotopic (exact) mass is 308 g/mol. The molecule has 2 aromatic rings. The number of nitrogens with one attached hydrogen (secondary N) is 1. The average molecular weight is 308 g/mol. The molecule has 1 N–H and O–H groups in total. The Morgan fingerprint density at radius 1 is 1.13 bits per heavy atom. The number of anilines is 1. The Balaban J connectivity index is 1.56. The standard InChI is InChI=1S/C18H20N4O/c23-18(16-5-4-10-19-14-16)21-20-13-15-6-8-17(9-7-15)22-11-2-1-3-12-22/h4-10,13-14H,1-3,11-12H2,(H,21,23)/b20-13-. The Hall–Kier alpha value is -2.69. The van der Waals surface area contributed by atoms with Crippen LogP contribution in [0, 0.1) is 0 Å². The van der Waals surface area contributed by atoms with E-state index in [4.69, 9.17) is 0 Å². The maximum absolute atomic E-state index is 11.8. The van der Waals surface area contributed by atoms with Gasteiger partial charge < -0.3 is 4.90 Å². The van der Waals surface area contributed by atoms with Gasteiger partial charge in [0, 0.05) is 31.2 Å². The van der Waals surface area contributed by atoms with Gasteiger partial charge in [0.2, 0.25) is 0 Å². The molecule has 5 heteroatoms. The zero-order chi connectivity index (χ0) is 15.9. The van der Waals surface area contributed by atoms with Crippen LogP contribution >= 0.6 is 0 Å². The Bertz CT molecular complexity index is 661. The minimum atomic E-state index is -0.265. The minimum Gasteiger partial charge on any atom is -0.372 e. The second-order valence-corrected chi connectivity index (χ2v) is 5.58. The highest BCUT2D eigenvalue weighted by Crippen LogP contribution is 2.19. The number of benzene rings is 1. The van der Waals surface area contributed by atoms with E-state index < -0.39 is 0 Å². The van der Waals surface area contributed by atoms with Crippen molar-refractivity contribution in [3.05, 3.63) is 59.9 Å². The first-order chi connectivity index (χ1) is 11.3. The Kier molecular flexibility index (Phi) is 4.99. The lowest BCUT2D eigenvalue weighted by Crippen LogP contribution is -2.29. The van der Waals surface area contributed by atoms with Crippen LogP contribution in [0.15, 0.2) is 53.9 Å². The predicted molar refractivity (Wildman–Crippen MR) is 91.8 cm³/mol. The van der Waals surface area contributed by atoms with E-state index >= 15 is 0 Å². The quantitative estimate of drug-likeness (QED) is 0.698. The highest BCUT2D eigenvalue weighted by Gasteiger charge is 2.10. The van der Waals surface area contributed by atoms with Gasteiger partial charge in [0.1, 0.15) is 0 Å². The smallest absolute Gasteiger partial charge is 0.272 e. The average Bonchev–Trinajstić information content (AvgIpc) is 2.64. The summed E-state index contributed by atoms with van der Waals surface area (Å²) >= 11 is 0. The first-order valence-corrected chi connectivity index (χ1v) is 7.91. The van der Waals surface area contributed by atoms with E-state index in [0.717, 1.165) is 18.7 Å². The number of rotatable bonds is 4. The molecule has 2 heterocycles. The molecule has 23 heavy (non-hydrogen) atoms. The molecule has 118 valence electrons. The van der Waals surface area contributed by atoms with Gasteiger partial charge in [-0.15, -0.1) is 0 Å². The molecule has 1 fully saturated rings. The summed E-state index contributed by atoms with van der Waals surface area (Å²) in [4.78, 5) is 18.1. The van der Waals surface area contributed by atoms with E-state index in [1.54, 1.807) is 24.5 Å². The van der Waals surface area contributed by atoms with Crippen molar-refractivity contribution in [1.82, 2.24) is 10.4 Å². The number of piperidine rings is 1. The number of pyridine rings is 1. The Labute approximate surface area is 136 Å². The second kappa shape index (κ2) is 7.54. The molecule has 1 aromatic heterocycles. The predicted octanol–water partition coefficient (Wildman–Crippen LogP) is 2.84. The van der Waals surface area contributed by atoms with Gasteiger partial charge >= 0.3 is 0 Å². The van der Waals surface area contributed by atoms with Gasteiger partial charge in [-0.1, -0.05) is 12.1 Å². The van der Waals surface area contributed by atoms with Crippen LogP contribution in [0.3, 0.4) is 0 Å². The summed E-state index contributed by atoms with van der Waals surface area (Å²) in [5, 5.41) is 3.99. The first kappa shape index (κ1) is 15.2. The Morgan fingerprint density at radius 2 is 1.91 bits per heavy atom. The third-order valence-electron chi connectivity index (χ3n) is 3.92. The molecule has 0 atom stereocenters. The fourth-order valence-electron chi connectivity index (χ4n) is 2.65. The van der Waals surface area contributed by atoms with Gasteiger partial charge in [0.05, 0.1) is 11.8 Å². The zero-order valence-corrected chi connectivity index (χ0v) is 13.0. The molecule has 1 saturated heterocycles. The first-order valence-electron chi connectivity index (χ1n) is 7.91. The van der Waals surface area contributed by atoms with Crippen LogP contribution < -0.4 is 10.3 Å². The number of hydrogen-bond acceptors (Lipinski definition) is 4. The van der Waals surface area contributed by atoms with Crippen molar-refractivity contribution in [3.8, 4) is 0 Å². The van der Waals surface area contributed by atoms with Crippen LogP contribution in [-0.4, -0.2) is 30.2 Å². The summed E-state index contributed by atoms with van der Waals surface area (Å²) in [5.41, 5.74) is 5.20. The summed E-state index contributed by atoms with van der Waals surface area (Å²) in [6.45, 7) is 2.27. The van der Waals surface area contributed by atoms with E-state index in [-0.39, 0.29) is 5.91 Å². The number of aromatic nitrogens is 1. The highest BCUT2D eigenvalue weighted by molar-refractivity contribution is 5.94. The van der Waals surface area contributed by atoms with Crippen molar-refractivity contribution in [2.24, 2.45) is 5.10 Å². The van der Waals surface area contributed by atoms with Crippen LogP contribution in [-0.2, 0) is 0 Å². The molecule has 0 aliphatic carbocycles. The maximum atomic E-state index is 11.8. The number of hydrogen-bond donors (Lipinski definition) is 1.